The Morgan fingerprint density at radius 3 is 2.18 bits per heavy atom. The van der Waals surface area contributed by atoms with Crippen molar-refractivity contribution < 1.29 is 5.11 Å². The molecule has 3 heterocycles. The second-order valence-corrected chi connectivity index (χ2v) is 8.98. The first-order chi connectivity index (χ1) is 15.9. The highest BCUT2D eigenvalue weighted by atomic mass is 16.3. The number of aliphatic hydroxyl groups is 1. The molecule has 2 unspecified atom stereocenters. The van der Waals surface area contributed by atoms with Crippen LogP contribution >= 0.6 is 0 Å². The maximum absolute atomic E-state index is 11.2. The predicted octanol–water partition coefficient (Wildman–Crippen LogP) is 6.30. The molecule has 0 bridgehead atoms. The van der Waals surface area contributed by atoms with Crippen molar-refractivity contribution in [3.63, 3.8) is 0 Å². The lowest BCUT2D eigenvalue weighted by atomic mass is 9.92. The van der Waals surface area contributed by atoms with E-state index in [-0.39, 0.29) is 5.92 Å². The SMILES string of the molecule is CCc1cccc(CC)c1-c1cc2c(C(O)C(C)CC)cn(-c3nc(C)cc(C)n3)c2cn1. The molecule has 4 aromatic rings. The van der Waals surface area contributed by atoms with Crippen LogP contribution in [0.2, 0.25) is 0 Å². The van der Waals surface area contributed by atoms with Gasteiger partial charge in [0.15, 0.2) is 0 Å². The molecule has 5 nitrogen and oxygen atoms in total. The molecule has 0 saturated heterocycles. The van der Waals surface area contributed by atoms with Crippen LogP contribution in [0.3, 0.4) is 0 Å². The van der Waals surface area contributed by atoms with E-state index < -0.39 is 6.10 Å². The first-order valence-corrected chi connectivity index (χ1v) is 12.0. The first-order valence-electron chi connectivity index (χ1n) is 12.0. The van der Waals surface area contributed by atoms with Gasteiger partial charge in [-0.05, 0) is 55.9 Å². The maximum Gasteiger partial charge on any atom is 0.234 e. The molecular formula is C28H34N4O. The molecule has 1 aromatic carbocycles. The molecule has 0 amide bonds. The summed E-state index contributed by atoms with van der Waals surface area (Å²) >= 11 is 0. The molecule has 0 aliphatic rings. The van der Waals surface area contributed by atoms with Crippen LogP contribution in [0, 0.1) is 19.8 Å². The quantitative estimate of drug-likeness (QED) is 0.365. The molecule has 33 heavy (non-hydrogen) atoms. The van der Waals surface area contributed by atoms with Crippen molar-refractivity contribution in [2.45, 2.75) is 66.9 Å². The Labute approximate surface area is 196 Å². The van der Waals surface area contributed by atoms with Crippen LogP contribution in [0.5, 0.6) is 0 Å². The maximum atomic E-state index is 11.2. The van der Waals surface area contributed by atoms with Gasteiger partial charge < -0.3 is 5.11 Å². The summed E-state index contributed by atoms with van der Waals surface area (Å²) in [6, 6.07) is 10.6. The zero-order valence-electron chi connectivity index (χ0n) is 20.6. The molecule has 4 rings (SSSR count). The number of pyridine rings is 1. The molecule has 0 saturated carbocycles. The summed E-state index contributed by atoms with van der Waals surface area (Å²) in [4.78, 5) is 14.2. The lowest BCUT2D eigenvalue weighted by Crippen LogP contribution is -2.08. The van der Waals surface area contributed by atoms with Gasteiger partial charge in [0.1, 0.15) is 0 Å². The van der Waals surface area contributed by atoms with Crippen molar-refractivity contribution in [2.24, 2.45) is 5.92 Å². The Bertz CT molecular complexity index is 1250. The van der Waals surface area contributed by atoms with Crippen molar-refractivity contribution in [2.75, 3.05) is 0 Å². The second-order valence-electron chi connectivity index (χ2n) is 8.98. The Kier molecular flexibility index (Phi) is 6.61. The molecule has 0 aliphatic carbocycles. The monoisotopic (exact) mass is 442 g/mol. The number of hydrogen-bond acceptors (Lipinski definition) is 4. The Hall–Kier alpha value is -3.05. The Morgan fingerprint density at radius 2 is 1.61 bits per heavy atom. The van der Waals surface area contributed by atoms with Crippen LogP contribution in [-0.4, -0.2) is 24.6 Å². The fourth-order valence-electron chi connectivity index (χ4n) is 4.60. The number of nitrogens with zero attached hydrogens (tertiary/aromatic N) is 4. The van der Waals surface area contributed by atoms with E-state index >= 15 is 0 Å². The van der Waals surface area contributed by atoms with Gasteiger partial charge in [-0.15, -0.1) is 0 Å². The molecule has 1 N–H and O–H groups in total. The van der Waals surface area contributed by atoms with Crippen LogP contribution in [-0.2, 0) is 12.8 Å². The average Bonchev–Trinajstić information content (AvgIpc) is 3.20. The van der Waals surface area contributed by atoms with Gasteiger partial charge in [-0.25, -0.2) is 9.97 Å². The van der Waals surface area contributed by atoms with E-state index in [1.165, 1.54) is 16.7 Å². The number of hydrogen-bond donors (Lipinski definition) is 1. The zero-order chi connectivity index (χ0) is 23.7. The molecule has 3 aromatic heterocycles. The van der Waals surface area contributed by atoms with Gasteiger partial charge in [0.2, 0.25) is 5.95 Å². The number of aromatic nitrogens is 4. The number of benzene rings is 1. The minimum absolute atomic E-state index is 0.134. The third-order valence-corrected chi connectivity index (χ3v) is 6.66. The number of aliphatic hydroxyl groups excluding tert-OH is 1. The van der Waals surface area contributed by atoms with Crippen LogP contribution in [0.1, 0.15) is 68.3 Å². The summed E-state index contributed by atoms with van der Waals surface area (Å²) in [6.45, 7) is 12.5. The van der Waals surface area contributed by atoms with Gasteiger partial charge in [-0.3, -0.25) is 9.55 Å². The number of fused-ring (bicyclic) bond motifs is 1. The summed E-state index contributed by atoms with van der Waals surface area (Å²) in [5, 5.41) is 12.2. The highest BCUT2D eigenvalue weighted by Crippen LogP contribution is 2.36. The smallest absolute Gasteiger partial charge is 0.234 e. The largest absolute Gasteiger partial charge is 0.388 e. The van der Waals surface area contributed by atoms with Gasteiger partial charge in [-0.2, -0.15) is 0 Å². The summed E-state index contributed by atoms with van der Waals surface area (Å²) in [7, 11) is 0. The highest BCUT2D eigenvalue weighted by molar-refractivity contribution is 5.89. The summed E-state index contributed by atoms with van der Waals surface area (Å²) < 4.78 is 1.97. The number of aryl methyl sites for hydroxylation is 4. The van der Waals surface area contributed by atoms with E-state index in [1.54, 1.807) is 0 Å². The predicted molar refractivity (Wildman–Crippen MR) is 135 cm³/mol. The van der Waals surface area contributed by atoms with E-state index in [2.05, 4.69) is 61.9 Å². The lowest BCUT2D eigenvalue weighted by Gasteiger charge is -2.17. The topological polar surface area (TPSA) is 63.8 Å². The van der Waals surface area contributed by atoms with E-state index in [0.29, 0.717) is 5.95 Å². The number of rotatable bonds is 7. The van der Waals surface area contributed by atoms with E-state index in [4.69, 9.17) is 4.98 Å². The van der Waals surface area contributed by atoms with Crippen molar-refractivity contribution >= 4 is 10.9 Å². The van der Waals surface area contributed by atoms with E-state index in [0.717, 1.165) is 52.8 Å². The van der Waals surface area contributed by atoms with Crippen LogP contribution in [0.15, 0.2) is 42.7 Å². The molecule has 0 aliphatic heterocycles. The Morgan fingerprint density at radius 1 is 0.970 bits per heavy atom. The van der Waals surface area contributed by atoms with Crippen LogP contribution in [0.4, 0.5) is 0 Å². The molecule has 172 valence electrons. The average molecular weight is 443 g/mol. The van der Waals surface area contributed by atoms with E-state index in [9.17, 15) is 5.11 Å². The van der Waals surface area contributed by atoms with Crippen LogP contribution in [0.25, 0.3) is 28.1 Å². The molecule has 0 radical (unpaired) electrons. The van der Waals surface area contributed by atoms with Crippen molar-refractivity contribution in [1.82, 2.24) is 19.5 Å². The van der Waals surface area contributed by atoms with Gasteiger partial charge in [0, 0.05) is 34.1 Å². The van der Waals surface area contributed by atoms with E-state index in [1.807, 2.05) is 36.9 Å². The molecular weight excluding hydrogens is 408 g/mol. The van der Waals surface area contributed by atoms with Gasteiger partial charge in [-0.1, -0.05) is 52.3 Å². The second kappa shape index (κ2) is 9.44. The molecule has 5 heteroatoms. The van der Waals surface area contributed by atoms with Crippen molar-refractivity contribution in [3.8, 4) is 17.2 Å². The normalized spacial score (nSPS) is 13.4. The fraction of sp³-hybridized carbons (Fsp3) is 0.393. The van der Waals surface area contributed by atoms with Crippen molar-refractivity contribution in [3.05, 3.63) is 70.8 Å². The summed E-state index contributed by atoms with van der Waals surface area (Å²) in [6.07, 6.45) is 6.11. The van der Waals surface area contributed by atoms with Gasteiger partial charge >= 0.3 is 0 Å². The van der Waals surface area contributed by atoms with Crippen molar-refractivity contribution in [1.29, 1.82) is 0 Å². The molecule has 2 atom stereocenters. The molecule has 0 spiro atoms. The van der Waals surface area contributed by atoms with Gasteiger partial charge in [0.25, 0.3) is 0 Å². The van der Waals surface area contributed by atoms with Gasteiger partial charge in [0.05, 0.1) is 23.5 Å². The molecule has 0 fully saturated rings. The first kappa shape index (κ1) is 23.1. The third kappa shape index (κ3) is 4.30. The lowest BCUT2D eigenvalue weighted by molar-refractivity contribution is 0.117. The standard InChI is InChI=1S/C28H34N4O/c1-7-17(4)27(33)23-16-32(28-30-18(5)13-19(6)31-28)25-15-29-24(14-22(23)25)26-20(8-2)11-10-12-21(26)9-3/h10-17,27,33H,7-9H2,1-6H3. The van der Waals surface area contributed by atoms with Crippen LogP contribution < -0.4 is 0 Å². The minimum Gasteiger partial charge on any atom is -0.388 e. The summed E-state index contributed by atoms with van der Waals surface area (Å²) in [5.74, 6) is 0.743. The Balaban J connectivity index is 2.00. The third-order valence-electron chi connectivity index (χ3n) is 6.66. The highest BCUT2D eigenvalue weighted by Gasteiger charge is 2.23. The minimum atomic E-state index is -0.577. The zero-order valence-corrected chi connectivity index (χ0v) is 20.6. The fourth-order valence-corrected chi connectivity index (χ4v) is 4.60. The summed E-state index contributed by atoms with van der Waals surface area (Å²) in [5.41, 5.74) is 8.39.